The van der Waals surface area contributed by atoms with Crippen LogP contribution < -0.4 is 20.3 Å². The Labute approximate surface area is 196 Å². The molecule has 3 N–H and O–H groups in total. The second kappa shape index (κ2) is 10.5. The highest BCUT2D eigenvalue weighted by atomic mass is 32.2. The summed E-state index contributed by atoms with van der Waals surface area (Å²) in [4.78, 5) is 23.8. The van der Waals surface area contributed by atoms with E-state index in [9.17, 15) is 22.2 Å². The number of anilines is 4. The smallest absolute Gasteiger partial charge is 0.365 e. The molecule has 3 aromatic rings. The summed E-state index contributed by atoms with van der Waals surface area (Å²) in [6.45, 7) is -0.0591. The van der Waals surface area contributed by atoms with Gasteiger partial charge in [0, 0.05) is 56.1 Å². The second-order valence-electron chi connectivity index (χ2n) is 7.00. The van der Waals surface area contributed by atoms with E-state index in [1.165, 1.54) is 29.9 Å². The molecule has 0 radical (unpaired) electrons. The van der Waals surface area contributed by atoms with Crippen LogP contribution in [0, 0.1) is 0 Å². The Hall–Kier alpha value is -3.74. The highest BCUT2D eigenvalue weighted by molar-refractivity contribution is 7.85. The molecule has 13 heteroatoms. The van der Waals surface area contributed by atoms with Crippen LogP contribution in [0.25, 0.3) is 0 Å². The number of alkyl halides is 3. The number of hydrogen-bond acceptors (Lipinski definition) is 7. The largest absolute Gasteiger partial charge is 0.421 e. The fraction of sp³-hybridized carbons (Fsp3) is 0.238. The quantitative estimate of drug-likeness (QED) is 0.441. The van der Waals surface area contributed by atoms with Crippen molar-refractivity contribution in [2.75, 3.05) is 35.3 Å². The molecule has 2 aromatic heterocycles. The van der Waals surface area contributed by atoms with Crippen molar-refractivity contribution in [1.29, 1.82) is 0 Å². The molecule has 1 aromatic carbocycles. The third kappa shape index (κ3) is 5.98. The zero-order chi connectivity index (χ0) is 24.9. The predicted molar refractivity (Wildman–Crippen MR) is 124 cm³/mol. The average molecular weight is 494 g/mol. The zero-order valence-corrected chi connectivity index (χ0v) is 19.3. The maximum Gasteiger partial charge on any atom is 0.421 e. The van der Waals surface area contributed by atoms with E-state index < -0.39 is 28.5 Å². The lowest BCUT2D eigenvalue weighted by molar-refractivity contribution is -0.137. The number of nitrogens with one attached hydrogen (secondary N) is 3. The Bertz CT molecular complexity index is 1210. The van der Waals surface area contributed by atoms with Gasteiger partial charge in [-0.15, -0.1) is 0 Å². The van der Waals surface area contributed by atoms with Gasteiger partial charge in [0.05, 0.1) is 0 Å². The number of carbonyl (C=O) groups excluding carboxylic acids is 1. The molecule has 2 heterocycles. The van der Waals surface area contributed by atoms with E-state index in [0.29, 0.717) is 28.8 Å². The predicted octanol–water partition coefficient (Wildman–Crippen LogP) is 3.34. The zero-order valence-electron chi connectivity index (χ0n) is 18.5. The first-order valence-corrected chi connectivity index (χ1v) is 11.4. The number of carbonyl (C=O) groups is 1. The first-order valence-electron chi connectivity index (χ1n) is 9.88. The SMILES string of the molecule is CNC(=O)c1cccc(Nc2ncc(C(F)(F)F)c(NCc3cccnc3N(C)S(C)=O)n2)c1. The maximum atomic E-state index is 13.6. The molecule has 9 nitrogen and oxygen atoms in total. The Balaban J connectivity index is 1.90. The molecule has 0 spiro atoms. The topological polar surface area (TPSA) is 112 Å². The van der Waals surface area contributed by atoms with Crippen molar-refractivity contribution in [3.63, 3.8) is 0 Å². The molecule has 180 valence electrons. The van der Waals surface area contributed by atoms with Crippen LogP contribution in [0.5, 0.6) is 0 Å². The lowest BCUT2D eigenvalue weighted by Crippen LogP contribution is -2.22. The molecule has 34 heavy (non-hydrogen) atoms. The van der Waals surface area contributed by atoms with Crippen molar-refractivity contribution in [3.8, 4) is 0 Å². The minimum Gasteiger partial charge on any atom is -0.365 e. The molecule has 0 aliphatic heterocycles. The summed E-state index contributed by atoms with van der Waals surface area (Å²) >= 11 is 0. The van der Waals surface area contributed by atoms with Gasteiger partial charge in [0.2, 0.25) is 5.95 Å². The number of rotatable bonds is 8. The van der Waals surface area contributed by atoms with Gasteiger partial charge in [0.1, 0.15) is 28.2 Å². The molecule has 1 amide bonds. The highest BCUT2D eigenvalue weighted by Gasteiger charge is 2.35. The van der Waals surface area contributed by atoms with Crippen molar-refractivity contribution < 1.29 is 22.2 Å². The lowest BCUT2D eigenvalue weighted by Gasteiger charge is -2.19. The van der Waals surface area contributed by atoms with E-state index in [0.717, 1.165) is 0 Å². The number of halogens is 3. The van der Waals surface area contributed by atoms with Gasteiger partial charge in [0.15, 0.2) is 0 Å². The van der Waals surface area contributed by atoms with Gasteiger partial charge in [-0.05, 0) is 24.3 Å². The standard InChI is InChI=1S/C21H22F3N7O2S/c1-25-19(32)13-6-4-8-15(10-13)29-20-28-12-16(21(22,23)24)17(30-20)27-11-14-7-5-9-26-18(14)31(2)34(3)33/h4-10,12H,11H2,1-3H3,(H,25,32)(H2,27,28,29,30). The number of nitrogens with zero attached hydrogens (tertiary/aromatic N) is 4. The lowest BCUT2D eigenvalue weighted by atomic mass is 10.2. The molecule has 0 bridgehead atoms. The van der Waals surface area contributed by atoms with Gasteiger partial charge in [-0.2, -0.15) is 18.2 Å². The van der Waals surface area contributed by atoms with Crippen molar-refractivity contribution in [2.24, 2.45) is 0 Å². The summed E-state index contributed by atoms with van der Waals surface area (Å²) in [5.74, 6) is -0.488. The molecule has 1 atom stereocenters. The van der Waals surface area contributed by atoms with Crippen molar-refractivity contribution in [2.45, 2.75) is 12.7 Å². The average Bonchev–Trinajstić information content (AvgIpc) is 2.81. The molecule has 0 fully saturated rings. The molecule has 0 saturated carbocycles. The normalized spacial score (nSPS) is 12.1. The fourth-order valence-corrected chi connectivity index (χ4v) is 3.36. The van der Waals surface area contributed by atoms with Gasteiger partial charge in [-0.25, -0.2) is 14.2 Å². The summed E-state index contributed by atoms with van der Waals surface area (Å²) in [5, 5.41) is 8.01. The van der Waals surface area contributed by atoms with Crippen LogP contribution in [0.1, 0.15) is 21.5 Å². The molecule has 3 rings (SSSR count). The van der Waals surface area contributed by atoms with E-state index in [2.05, 4.69) is 30.9 Å². The van der Waals surface area contributed by atoms with Gasteiger partial charge in [0.25, 0.3) is 5.91 Å². The molecule has 1 unspecified atom stereocenters. The summed E-state index contributed by atoms with van der Waals surface area (Å²) < 4.78 is 54.0. The van der Waals surface area contributed by atoms with Gasteiger partial charge in [-0.1, -0.05) is 12.1 Å². The van der Waals surface area contributed by atoms with Crippen LogP contribution in [0.2, 0.25) is 0 Å². The molecule has 0 aliphatic carbocycles. The van der Waals surface area contributed by atoms with E-state index >= 15 is 0 Å². The summed E-state index contributed by atoms with van der Waals surface area (Å²) in [7, 11) is 1.69. The molecular weight excluding hydrogens is 471 g/mol. The Morgan fingerprint density at radius 1 is 1.18 bits per heavy atom. The minimum absolute atomic E-state index is 0.0591. The Morgan fingerprint density at radius 3 is 2.62 bits per heavy atom. The first-order chi connectivity index (χ1) is 16.1. The number of hydrogen-bond donors (Lipinski definition) is 3. The monoisotopic (exact) mass is 493 g/mol. The van der Waals surface area contributed by atoms with Crippen LogP contribution in [-0.2, 0) is 23.7 Å². The van der Waals surface area contributed by atoms with Crippen LogP contribution in [-0.4, -0.2) is 45.4 Å². The Morgan fingerprint density at radius 2 is 1.94 bits per heavy atom. The van der Waals surface area contributed by atoms with E-state index in [1.807, 2.05) is 0 Å². The Kier molecular flexibility index (Phi) is 7.66. The second-order valence-corrected chi connectivity index (χ2v) is 8.39. The summed E-state index contributed by atoms with van der Waals surface area (Å²) in [5.41, 5.74) is 0.266. The van der Waals surface area contributed by atoms with Crippen molar-refractivity contribution in [3.05, 3.63) is 65.5 Å². The van der Waals surface area contributed by atoms with Crippen LogP contribution in [0.3, 0.4) is 0 Å². The number of amides is 1. The van der Waals surface area contributed by atoms with Crippen LogP contribution in [0.15, 0.2) is 48.8 Å². The number of benzene rings is 1. The minimum atomic E-state index is -4.69. The summed E-state index contributed by atoms with van der Waals surface area (Å²) in [6.07, 6.45) is -1.05. The van der Waals surface area contributed by atoms with Crippen LogP contribution >= 0.6 is 0 Å². The maximum absolute atomic E-state index is 13.6. The van der Waals surface area contributed by atoms with E-state index in [4.69, 9.17) is 0 Å². The third-order valence-corrected chi connectivity index (χ3v) is 5.64. The van der Waals surface area contributed by atoms with Crippen LogP contribution in [0.4, 0.5) is 36.4 Å². The van der Waals surface area contributed by atoms with E-state index in [-0.39, 0.29) is 18.4 Å². The van der Waals surface area contributed by atoms with Gasteiger partial charge < -0.3 is 16.0 Å². The summed E-state index contributed by atoms with van der Waals surface area (Å²) in [6, 6.07) is 9.66. The molecular formula is C21H22F3N7O2S. The highest BCUT2D eigenvalue weighted by Crippen LogP contribution is 2.34. The molecule has 0 aliphatic rings. The first kappa shape index (κ1) is 24.9. The van der Waals surface area contributed by atoms with Gasteiger partial charge >= 0.3 is 6.18 Å². The van der Waals surface area contributed by atoms with E-state index in [1.54, 1.807) is 37.4 Å². The fourth-order valence-electron chi connectivity index (χ4n) is 2.95. The van der Waals surface area contributed by atoms with Gasteiger partial charge in [-0.3, -0.25) is 9.10 Å². The van der Waals surface area contributed by atoms with Crippen molar-refractivity contribution >= 4 is 40.2 Å². The van der Waals surface area contributed by atoms with Crippen molar-refractivity contribution in [1.82, 2.24) is 20.3 Å². The number of pyridine rings is 1. The number of aromatic nitrogens is 3. The third-order valence-electron chi connectivity index (χ3n) is 4.70. The molecule has 0 saturated heterocycles.